The predicted octanol–water partition coefficient (Wildman–Crippen LogP) is 2.87. The van der Waals surface area contributed by atoms with E-state index < -0.39 is 17.8 Å². The summed E-state index contributed by atoms with van der Waals surface area (Å²) >= 11 is 5.97. The second-order valence-corrected chi connectivity index (χ2v) is 5.48. The Morgan fingerprint density at radius 1 is 1.35 bits per heavy atom. The van der Waals surface area contributed by atoms with Gasteiger partial charge in [0.2, 0.25) is 5.91 Å². The van der Waals surface area contributed by atoms with Crippen LogP contribution < -0.4 is 5.32 Å². The van der Waals surface area contributed by atoms with Gasteiger partial charge in [-0.05, 0) is 31.4 Å². The number of rotatable bonds is 3. The van der Waals surface area contributed by atoms with Crippen LogP contribution in [0.5, 0.6) is 0 Å². The number of anilines is 1. The number of carbonyl (C=O) groups excluding carboxylic acids is 1. The zero-order valence-electron chi connectivity index (χ0n) is 11.2. The summed E-state index contributed by atoms with van der Waals surface area (Å²) in [5.41, 5.74) is 1.27. The van der Waals surface area contributed by atoms with Crippen LogP contribution >= 0.6 is 11.6 Å². The van der Waals surface area contributed by atoms with Crippen molar-refractivity contribution in [1.29, 1.82) is 0 Å². The third kappa shape index (κ3) is 3.10. The Hall–Kier alpha value is -1.62. The fraction of sp³-hybridized carbons (Fsp3) is 0.500. The van der Waals surface area contributed by atoms with Gasteiger partial charge in [0.25, 0.3) is 0 Å². The molecule has 2 rings (SSSR count). The molecule has 108 valence electrons. The lowest BCUT2D eigenvalue weighted by molar-refractivity contribution is -0.147. The summed E-state index contributed by atoms with van der Waals surface area (Å²) in [6.07, 6.45) is 4.44. The van der Waals surface area contributed by atoms with Crippen LogP contribution in [0.3, 0.4) is 0 Å². The highest BCUT2D eigenvalue weighted by molar-refractivity contribution is 6.32. The monoisotopic (exact) mass is 296 g/mol. The molecule has 1 aromatic heterocycles. The third-order valence-electron chi connectivity index (χ3n) is 3.78. The zero-order chi connectivity index (χ0) is 14.7. The first-order chi connectivity index (χ1) is 9.50. The molecule has 0 bridgehead atoms. The SMILES string of the molecule is Cc1ccnc(Cl)c1NC(=O)C1CCCCC1C(=O)O. The van der Waals surface area contributed by atoms with Gasteiger partial charge in [-0.2, -0.15) is 0 Å². The van der Waals surface area contributed by atoms with Crippen molar-refractivity contribution in [3.8, 4) is 0 Å². The molecule has 2 unspecified atom stereocenters. The Morgan fingerprint density at radius 3 is 2.60 bits per heavy atom. The van der Waals surface area contributed by atoms with E-state index in [1.165, 1.54) is 0 Å². The third-order valence-corrected chi connectivity index (χ3v) is 4.07. The molecule has 0 aliphatic heterocycles. The van der Waals surface area contributed by atoms with Crippen LogP contribution in [0, 0.1) is 18.8 Å². The van der Waals surface area contributed by atoms with Crippen LogP contribution in [0.25, 0.3) is 0 Å². The minimum Gasteiger partial charge on any atom is -0.481 e. The van der Waals surface area contributed by atoms with Gasteiger partial charge in [0.05, 0.1) is 17.5 Å². The summed E-state index contributed by atoms with van der Waals surface area (Å²) in [6, 6.07) is 1.75. The summed E-state index contributed by atoms with van der Waals surface area (Å²) in [7, 11) is 0. The number of hydrogen-bond donors (Lipinski definition) is 2. The second-order valence-electron chi connectivity index (χ2n) is 5.12. The van der Waals surface area contributed by atoms with E-state index in [0.717, 1.165) is 18.4 Å². The highest BCUT2D eigenvalue weighted by Crippen LogP contribution is 2.32. The van der Waals surface area contributed by atoms with Crippen LogP contribution in [0.4, 0.5) is 5.69 Å². The van der Waals surface area contributed by atoms with Gasteiger partial charge < -0.3 is 10.4 Å². The topological polar surface area (TPSA) is 79.3 Å². The molecule has 2 atom stereocenters. The molecule has 1 fully saturated rings. The predicted molar refractivity (Wildman–Crippen MR) is 75.7 cm³/mol. The number of pyridine rings is 1. The van der Waals surface area contributed by atoms with Gasteiger partial charge in [0.1, 0.15) is 0 Å². The summed E-state index contributed by atoms with van der Waals surface area (Å²) in [5, 5.41) is 12.2. The molecule has 20 heavy (non-hydrogen) atoms. The Balaban J connectivity index is 2.16. The van der Waals surface area contributed by atoms with Crippen molar-refractivity contribution in [2.75, 3.05) is 5.32 Å². The maximum absolute atomic E-state index is 12.3. The van der Waals surface area contributed by atoms with Gasteiger partial charge in [0.15, 0.2) is 5.15 Å². The number of halogens is 1. The zero-order valence-corrected chi connectivity index (χ0v) is 12.0. The van der Waals surface area contributed by atoms with Gasteiger partial charge in [-0.25, -0.2) is 4.98 Å². The van der Waals surface area contributed by atoms with E-state index in [1.807, 2.05) is 6.92 Å². The molecule has 1 amide bonds. The summed E-state index contributed by atoms with van der Waals surface area (Å²) in [5.74, 6) is -2.30. The fourth-order valence-electron chi connectivity index (χ4n) is 2.63. The van der Waals surface area contributed by atoms with Crippen LogP contribution in [-0.4, -0.2) is 22.0 Å². The van der Waals surface area contributed by atoms with Crippen molar-refractivity contribution < 1.29 is 14.7 Å². The Kier molecular flexibility index (Phi) is 4.60. The standard InChI is InChI=1S/C14H17ClN2O3/c1-8-6-7-16-12(15)11(8)17-13(18)9-4-2-3-5-10(9)14(19)20/h6-7,9-10H,2-5H2,1H3,(H,17,18)(H,19,20). The number of aryl methyl sites for hydroxylation is 1. The number of hydrogen-bond acceptors (Lipinski definition) is 3. The molecule has 1 aromatic rings. The maximum atomic E-state index is 12.3. The minimum absolute atomic E-state index is 0.223. The molecule has 0 spiro atoms. The van der Waals surface area contributed by atoms with Gasteiger partial charge in [-0.1, -0.05) is 24.4 Å². The number of carbonyl (C=O) groups is 2. The molecule has 1 saturated carbocycles. The van der Waals surface area contributed by atoms with E-state index in [2.05, 4.69) is 10.3 Å². The molecule has 6 heteroatoms. The molecular formula is C14H17ClN2O3. The largest absolute Gasteiger partial charge is 0.481 e. The molecular weight excluding hydrogens is 280 g/mol. The number of carboxylic acids is 1. The van der Waals surface area contributed by atoms with Crippen LogP contribution in [0.1, 0.15) is 31.2 Å². The number of carboxylic acid groups (broad SMARTS) is 1. The fourth-order valence-corrected chi connectivity index (χ4v) is 2.88. The first kappa shape index (κ1) is 14.8. The number of nitrogens with one attached hydrogen (secondary N) is 1. The van der Waals surface area contributed by atoms with Crippen molar-refractivity contribution in [2.45, 2.75) is 32.6 Å². The average Bonchev–Trinajstić information content (AvgIpc) is 2.43. The highest BCUT2D eigenvalue weighted by Gasteiger charge is 2.36. The van der Waals surface area contributed by atoms with E-state index in [4.69, 9.17) is 11.6 Å². The van der Waals surface area contributed by atoms with Crippen molar-refractivity contribution in [2.24, 2.45) is 11.8 Å². The molecule has 1 aliphatic rings. The highest BCUT2D eigenvalue weighted by atomic mass is 35.5. The van der Waals surface area contributed by atoms with Crippen LogP contribution in [-0.2, 0) is 9.59 Å². The summed E-state index contributed by atoms with van der Waals surface area (Å²) in [6.45, 7) is 1.82. The van der Waals surface area contributed by atoms with Crippen LogP contribution in [0.2, 0.25) is 5.15 Å². The van der Waals surface area contributed by atoms with E-state index in [9.17, 15) is 14.7 Å². The van der Waals surface area contributed by atoms with Gasteiger partial charge in [-0.15, -0.1) is 0 Å². The van der Waals surface area contributed by atoms with E-state index in [0.29, 0.717) is 18.5 Å². The van der Waals surface area contributed by atoms with Crippen molar-refractivity contribution in [3.05, 3.63) is 23.0 Å². The van der Waals surface area contributed by atoms with E-state index in [-0.39, 0.29) is 11.1 Å². The Bertz CT molecular complexity index is 513. The van der Waals surface area contributed by atoms with E-state index in [1.54, 1.807) is 12.3 Å². The van der Waals surface area contributed by atoms with Gasteiger partial charge >= 0.3 is 5.97 Å². The lowest BCUT2D eigenvalue weighted by atomic mass is 9.78. The number of aromatic nitrogens is 1. The Labute approximate surface area is 122 Å². The maximum Gasteiger partial charge on any atom is 0.307 e. The molecule has 1 heterocycles. The summed E-state index contributed by atoms with van der Waals surface area (Å²) < 4.78 is 0. The smallest absolute Gasteiger partial charge is 0.307 e. The average molecular weight is 297 g/mol. The van der Waals surface area contributed by atoms with Gasteiger partial charge in [-0.3, -0.25) is 9.59 Å². The van der Waals surface area contributed by atoms with Crippen molar-refractivity contribution >= 4 is 29.2 Å². The number of aliphatic carboxylic acids is 1. The summed E-state index contributed by atoms with van der Waals surface area (Å²) in [4.78, 5) is 27.5. The molecule has 5 nitrogen and oxygen atoms in total. The first-order valence-corrected chi connectivity index (χ1v) is 7.03. The lowest BCUT2D eigenvalue weighted by Crippen LogP contribution is -2.36. The minimum atomic E-state index is -0.904. The first-order valence-electron chi connectivity index (χ1n) is 6.65. The van der Waals surface area contributed by atoms with Crippen molar-refractivity contribution in [3.63, 3.8) is 0 Å². The molecule has 1 aliphatic carbocycles. The molecule has 0 aromatic carbocycles. The number of nitrogens with zero attached hydrogens (tertiary/aromatic N) is 1. The second kappa shape index (κ2) is 6.22. The van der Waals surface area contributed by atoms with E-state index >= 15 is 0 Å². The van der Waals surface area contributed by atoms with Crippen LogP contribution in [0.15, 0.2) is 12.3 Å². The Morgan fingerprint density at radius 2 is 2.00 bits per heavy atom. The lowest BCUT2D eigenvalue weighted by Gasteiger charge is -2.27. The van der Waals surface area contributed by atoms with Crippen molar-refractivity contribution in [1.82, 2.24) is 4.98 Å². The number of amides is 1. The molecule has 2 N–H and O–H groups in total. The van der Waals surface area contributed by atoms with Gasteiger partial charge in [0, 0.05) is 6.20 Å². The molecule has 0 radical (unpaired) electrons. The normalized spacial score (nSPS) is 22.3. The molecule has 0 saturated heterocycles. The quantitative estimate of drug-likeness (QED) is 0.841.